The van der Waals surface area contributed by atoms with Crippen LogP contribution in [0.5, 0.6) is 0 Å². The molecule has 2 heterocycles. The Morgan fingerprint density at radius 3 is 2.73 bits per heavy atom. The zero-order chi connectivity index (χ0) is 21.1. The maximum atomic E-state index is 12.8. The van der Waals surface area contributed by atoms with Crippen molar-refractivity contribution < 1.29 is 9.21 Å². The highest BCUT2D eigenvalue weighted by molar-refractivity contribution is 9.10. The van der Waals surface area contributed by atoms with Crippen molar-refractivity contribution in [2.24, 2.45) is 4.99 Å². The van der Waals surface area contributed by atoms with Crippen LogP contribution in [0.15, 0.2) is 89.4 Å². The molecule has 0 unspecified atom stereocenters. The summed E-state index contributed by atoms with van der Waals surface area (Å²) in [6, 6.07) is 19.2. The average molecular weight is 520 g/mol. The number of carbonyl (C=O) groups excluding carboxylic acids is 1. The van der Waals surface area contributed by atoms with Crippen molar-refractivity contribution >= 4 is 73.9 Å². The number of halogens is 2. The first-order chi connectivity index (χ1) is 14.5. The van der Waals surface area contributed by atoms with Crippen LogP contribution in [-0.2, 0) is 4.79 Å². The third-order valence-corrected chi connectivity index (χ3v) is 7.34. The Morgan fingerprint density at radius 1 is 1.20 bits per heavy atom. The molecule has 4 rings (SSSR count). The predicted octanol–water partition coefficient (Wildman–Crippen LogP) is 7.47. The molecule has 4 nitrogen and oxygen atoms in total. The van der Waals surface area contributed by atoms with Gasteiger partial charge in [-0.3, -0.25) is 9.69 Å². The molecular weight excluding hydrogens is 504 g/mol. The van der Waals surface area contributed by atoms with Crippen molar-refractivity contribution in [3.63, 3.8) is 0 Å². The van der Waals surface area contributed by atoms with Gasteiger partial charge in [0, 0.05) is 22.0 Å². The van der Waals surface area contributed by atoms with Gasteiger partial charge in [-0.15, -0.1) is 0 Å². The maximum absolute atomic E-state index is 12.8. The lowest BCUT2D eigenvalue weighted by atomic mass is 10.3. The molecule has 0 bridgehead atoms. The smallest absolute Gasteiger partial charge is 0.266 e. The summed E-state index contributed by atoms with van der Waals surface area (Å²) in [5.74, 6) is 0.548. The molecule has 0 aliphatic carbocycles. The zero-order valence-corrected chi connectivity index (χ0v) is 19.8. The van der Waals surface area contributed by atoms with Gasteiger partial charge in [0.15, 0.2) is 10.3 Å². The number of thioether (sulfide) groups is 1. The summed E-state index contributed by atoms with van der Waals surface area (Å²) in [6.07, 6.45) is 1.77. The number of benzene rings is 2. The van der Waals surface area contributed by atoms with Crippen molar-refractivity contribution in [1.29, 1.82) is 0 Å². The largest absolute Gasteiger partial charge is 0.450 e. The molecule has 3 aromatic rings. The van der Waals surface area contributed by atoms with Gasteiger partial charge in [0.2, 0.25) is 0 Å². The Labute approximate surface area is 196 Å². The normalized spacial score (nSPS) is 16.8. The van der Waals surface area contributed by atoms with Crippen molar-refractivity contribution in [1.82, 2.24) is 4.90 Å². The van der Waals surface area contributed by atoms with Crippen molar-refractivity contribution in [3.05, 3.63) is 80.8 Å². The van der Waals surface area contributed by atoms with E-state index in [-0.39, 0.29) is 5.91 Å². The molecule has 0 spiro atoms. The van der Waals surface area contributed by atoms with Crippen molar-refractivity contribution in [2.45, 2.75) is 16.9 Å². The molecule has 152 valence electrons. The second-order valence-electron chi connectivity index (χ2n) is 6.22. The van der Waals surface area contributed by atoms with E-state index in [0.29, 0.717) is 33.1 Å². The van der Waals surface area contributed by atoms with Gasteiger partial charge in [-0.1, -0.05) is 41.6 Å². The Hall–Kier alpha value is -1.93. The van der Waals surface area contributed by atoms with Crippen LogP contribution in [0.3, 0.4) is 0 Å². The SMILES string of the molecule is CCN1C(=O)/C(=C\c2ccc(Sc3ccccc3)o2)SC1=Nc1ccc(Br)c(Cl)c1. The lowest BCUT2D eigenvalue weighted by molar-refractivity contribution is -0.122. The minimum atomic E-state index is -0.0851. The lowest BCUT2D eigenvalue weighted by Crippen LogP contribution is -2.28. The Balaban J connectivity index is 1.56. The lowest BCUT2D eigenvalue weighted by Gasteiger charge is -2.12. The van der Waals surface area contributed by atoms with Gasteiger partial charge in [0.05, 0.1) is 15.6 Å². The number of furan rings is 1. The van der Waals surface area contributed by atoms with Crippen LogP contribution in [0.1, 0.15) is 12.7 Å². The van der Waals surface area contributed by atoms with E-state index < -0.39 is 0 Å². The molecule has 0 atom stereocenters. The summed E-state index contributed by atoms with van der Waals surface area (Å²) < 4.78 is 6.69. The van der Waals surface area contributed by atoms with E-state index in [4.69, 9.17) is 16.0 Å². The molecule has 1 aromatic heterocycles. The Morgan fingerprint density at radius 2 is 2.00 bits per heavy atom. The van der Waals surface area contributed by atoms with Crippen LogP contribution >= 0.6 is 51.1 Å². The van der Waals surface area contributed by atoms with Crippen molar-refractivity contribution in [2.75, 3.05) is 6.54 Å². The molecule has 1 aliphatic rings. The number of amides is 1. The van der Waals surface area contributed by atoms with E-state index in [0.717, 1.165) is 14.5 Å². The molecule has 2 aromatic carbocycles. The van der Waals surface area contributed by atoms with E-state index in [9.17, 15) is 4.79 Å². The minimum Gasteiger partial charge on any atom is -0.450 e. The summed E-state index contributed by atoms with van der Waals surface area (Å²) >= 11 is 12.4. The van der Waals surface area contributed by atoms with Crippen LogP contribution < -0.4 is 0 Å². The molecule has 1 amide bonds. The Bertz CT molecular complexity index is 1150. The molecular formula is C22H16BrClN2O2S2. The van der Waals surface area contributed by atoms with E-state index in [1.165, 1.54) is 23.5 Å². The number of amidine groups is 1. The van der Waals surface area contributed by atoms with Crippen LogP contribution in [0.25, 0.3) is 6.08 Å². The highest BCUT2D eigenvalue weighted by Gasteiger charge is 2.32. The van der Waals surface area contributed by atoms with E-state index in [2.05, 4.69) is 20.9 Å². The molecule has 0 saturated carbocycles. The van der Waals surface area contributed by atoms with Gasteiger partial charge in [-0.25, -0.2) is 4.99 Å². The topological polar surface area (TPSA) is 45.8 Å². The molecule has 0 N–H and O–H groups in total. The number of carbonyl (C=O) groups is 1. The van der Waals surface area contributed by atoms with E-state index >= 15 is 0 Å². The van der Waals surface area contributed by atoms with Crippen molar-refractivity contribution in [3.8, 4) is 0 Å². The standard InChI is InChI=1S/C22H16BrClN2O2S2/c1-2-26-21(27)19(30-22(26)25-14-8-10-17(23)18(24)12-14)13-15-9-11-20(28-15)29-16-6-4-3-5-7-16/h3-13H,2H2,1H3/b19-13+,25-22?. The first-order valence-electron chi connectivity index (χ1n) is 9.11. The summed E-state index contributed by atoms with van der Waals surface area (Å²) in [5, 5.41) is 1.97. The molecule has 0 radical (unpaired) electrons. The second kappa shape index (κ2) is 9.47. The fraction of sp³-hybridized carbons (Fsp3) is 0.0909. The van der Waals surface area contributed by atoms with Crippen LogP contribution in [-0.4, -0.2) is 22.5 Å². The number of hydrogen-bond acceptors (Lipinski definition) is 5. The summed E-state index contributed by atoms with van der Waals surface area (Å²) in [5.41, 5.74) is 0.692. The predicted molar refractivity (Wildman–Crippen MR) is 128 cm³/mol. The van der Waals surface area contributed by atoms with Gasteiger partial charge in [-0.2, -0.15) is 0 Å². The monoisotopic (exact) mass is 518 g/mol. The van der Waals surface area contributed by atoms with Crippen LogP contribution in [0, 0.1) is 0 Å². The van der Waals surface area contributed by atoms with Crippen LogP contribution in [0.4, 0.5) is 5.69 Å². The number of nitrogens with zero attached hydrogens (tertiary/aromatic N) is 2. The van der Waals surface area contributed by atoms with Crippen LogP contribution in [0.2, 0.25) is 5.02 Å². The number of rotatable bonds is 5. The first kappa shape index (κ1) is 21.3. The molecule has 8 heteroatoms. The average Bonchev–Trinajstić information content (AvgIpc) is 3.29. The third kappa shape index (κ3) is 4.86. The molecule has 1 saturated heterocycles. The summed E-state index contributed by atoms with van der Waals surface area (Å²) in [4.78, 5) is 20.8. The fourth-order valence-electron chi connectivity index (χ4n) is 2.74. The number of aliphatic imine (C=N–C) groups is 1. The van der Waals surface area contributed by atoms with Gasteiger partial charge in [0.1, 0.15) is 5.76 Å². The molecule has 1 fully saturated rings. The first-order valence-corrected chi connectivity index (χ1v) is 11.9. The highest BCUT2D eigenvalue weighted by Crippen LogP contribution is 2.36. The summed E-state index contributed by atoms with van der Waals surface area (Å²) in [6.45, 7) is 2.45. The maximum Gasteiger partial charge on any atom is 0.266 e. The Kier molecular flexibility index (Phi) is 6.73. The summed E-state index contributed by atoms with van der Waals surface area (Å²) in [7, 11) is 0. The number of hydrogen-bond donors (Lipinski definition) is 0. The van der Waals surface area contributed by atoms with Gasteiger partial charge in [-0.05, 0) is 77.1 Å². The molecule has 30 heavy (non-hydrogen) atoms. The van der Waals surface area contributed by atoms with Gasteiger partial charge >= 0.3 is 0 Å². The number of likely N-dealkylation sites (N-methyl/N-ethyl adjacent to an activating group) is 1. The molecule has 1 aliphatic heterocycles. The second-order valence-corrected chi connectivity index (χ2v) is 9.57. The fourth-order valence-corrected chi connectivity index (χ4v) is 5.00. The zero-order valence-electron chi connectivity index (χ0n) is 15.8. The van der Waals surface area contributed by atoms with E-state index in [1.54, 1.807) is 17.0 Å². The van der Waals surface area contributed by atoms with Gasteiger partial charge < -0.3 is 4.42 Å². The van der Waals surface area contributed by atoms with E-state index in [1.807, 2.05) is 61.5 Å². The quantitative estimate of drug-likeness (QED) is 0.328. The third-order valence-electron chi connectivity index (χ3n) is 4.17. The minimum absolute atomic E-state index is 0.0851. The highest BCUT2D eigenvalue weighted by atomic mass is 79.9. The van der Waals surface area contributed by atoms with Gasteiger partial charge in [0.25, 0.3) is 5.91 Å².